The van der Waals surface area contributed by atoms with E-state index < -0.39 is 89.3 Å². The molecule has 1 amide bonds. The van der Waals surface area contributed by atoms with Gasteiger partial charge in [0.25, 0.3) is 0 Å². The van der Waals surface area contributed by atoms with Crippen LogP contribution in [0.25, 0.3) is 0 Å². The van der Waals surface area contributed by atoms with Gasteiger partial charge in [0, 0.05) is 31.4 Å². The minimum Gasteiger partial charge on any atom is -0.458 e. The van der Waals surface area contributed by atoms with E-state index in [1.165, 1.54) is 14.0 Å². The van der Waals surface area contributed by atoms with Gasteiger partial charge >= 0.3 is 18.0 Å². The zero-order valence-corrected chi connectivity index (χ0v) is 34.2. The number of carbonyl (C=O) groups is 5. The molecule has 4 rings (SSSR count). The Kier molecular flexibility index (Phi) is 15.0. The molecular formula is C41H63N3O11. The average molecular weight is 774 g/mol. The van der Waals surface area contributed by atoms with E-state index in [9.17, 15) is 24.0 Å². The summed E-state index contributed by atoms with van der Waals surface area (Å²) in [5.41, 5.74) is 3.40. The first-order valence-electron chi connectivity index (χ1n) is 19.7. The van der Waals surface area contributed by atoms with E-state index in [4.69, 9.17) is 34.2 Å². The second-order valence-corrected chi connectivity index (χ2v) is 16.0. The quantitative estimate of drug-likeness (QED) is 0.139. The minimum absolute atomic E-state index is 0.0998. The summed E-state index contributed by atoms with van der Waals surface area (Å²) in [6.07, 6.45) is -2.98. The topological polar surface area (TPSA) is 182 Å². The Hall–Kier alpha value is -3.43. The highest BCUT2D eigenvalue weighted by atomic mass is 16.7. The van der Waals surface area contributed by atoms with Gasteiger partial charge in [0.05, 0.1) is 35.5 Å². The summed E-state index contributed by atoms with van der Waals surface area (Å²) < 4.78 is 37.6. The predicted molar refractivity (Wildman–Crippen MR) is 203 cm³/mol. The highest BCUT2D eigenvalue weighted by Crippen LogP contribution is 2.43. The molecule has 0 radical (unpaired) electrons. The molecule has 14 heteroatoms. The number of nitrogens with zero attached hydrogens (tertiary/aromatic N) is 1. The van der Waals surface area contributed by atoms with Crippen LogP contribution in [0.2, 0.25) is 0 Å². The van der Waals surface area contributed by atoms with Crippen molar-refractivity contribution >= 4 is 29.6 Å². The molecule has 3 heterocycles. The molecular weight excluding hydrogens is 710 g/mol. The average Bonchev–Trinajstić information content (AvgIpc) is 3.43. The molecule has 3 fully saturated rings. The standard InChI is InChI=1S/C41H63N3O11/c1-11-30-41(8)34(44(39(49)55-41)20-16-15-19-42)25(4)31(45)23(2)22-40(7,50-10)35(26(5)32(46)27(6)36(47)52-30)54-38-33(29(43-9)21-24(3)51-38)53-37(48)28-17-13-12-14-18-28/h12-14,17-18,23-27,29-30,33-35,38,43H,11,15-16,19-22,42H2,1-10H3/t23-,24-,25+,26+,27-,29+,30-,33-,34-,35-,38+,40+,41-/m1/s1. The van der Waals surface area contributed by atoms with Gasteiger partial charge in [-0.25, -0.2) is 9.59 Å². The van der Waals surface area contributed by atoms with Crippen molar-refractivity contribution in [3.63, 3.8) is 0 Å². The highest BCUT2D eigenvalue weighted by Gasteiger charge is 2.60. The molecule has 14 nitrogen and oxygen atoms in total. The molecule has 3 aliphatic rings. The number of hydrogen-bond acceptors (Lipinski definition) is 13. The largest absolute Gasteiger partial charge is 0.458 e. The summed E-state index contributed by atoms with van der Waals surface area (Å²) in [5, 5.41) is 3.23. The Labute approximate surface area is 325 Å². The molecule has 0 aromatic heterocycles. The number of ether oxygens (including phenoxy) is 6. The lowest BCUT2D eigenvalue weighted by Crippen LogP contribution is -2.61. The third-order valence-electron chi connectivity index (χ3n) is 12.0. The van der Waals surface area contributed by atoms with Crippen LogP contribution in [0.15, 0.2) is 30.3 Å². The van der Waals surface area contributed by atoms with Gasteiger partial charge in [-0.1, -0.05) is 45.9 Å². The van der Waals surface area contributed by atoms with Crippen molar-refractivity contribution in [3.8, 4) is 0 Å². The molecule has 3 saturated heterocycles. The molecule has 0 aliphatic carbocycles. The Morgan fingerprint density at radius 3 is 2.27 bits per heavy atom. The van der Waals surface area contributed by atoms with Gasteiger partial charge in [0.2, 0.25) is 0 Å². The summed E-state index contributed by atoms with van der Waals surface area (Å²) in [4.78, 5) is 71.4. The van der Waals surface area contributed by atoms with E-state index in [1.807, 2.05) is 6.92 Å². The number of rotatable bonds is 11. The van der Waals surface area contributed by atoms with Gasteiger partial charge in [0.15, 0.2) is 23.8 Å². The Balaban J connectivity index is 1.78. The minimum atomic E-state index is -1.39. The van der Waals surface area contributed by atoms with Gasteiger partial charge in [-0.3, -0.25) is 14.4 Å². The van der Waals surface area contributed by atoms with Crippen LogP contribution in [0.1, 0.15) is 97.9 Å². The molecule has 1 aromatic carbocycles. The number of benzene rings is 1. The third kappa shape index (κ3) is 9.41. The summed E-state index contributed by atoms with van der Waals surface area (Å²) in [7, 11) is 3.24. The van der Waals surface area contributed by atoms with E-state index in [0.717, 1.165) is 0 Å². The number of carbonyl (C=O) groups excluding carboxylic acids is 5. The molecule has 1 aromatic rings. The number of cyclic esters (lactones) is 1. The smallest absolute Gasteiger partial charge is 0.410 e. The second-order valence-electron chi connectivity index (χ2n) is 16.0. The van der Waals surface area contributed by atoms with Crippen LogP contribution in [-0.4, -0.2) is 116 Å². The maximum absolute atomic E-state index is 14.6. The van der Waals surface area contributed by atoms with Gasteiger partial charge < -0.3 is 44.4 Å². The van der Waals surface area contributed by atoms with E-state index in [0.29, 0.717) is 37.9 Å². The number of Topliss-reactive ketones (excluding diaryl/α,β-unsaturated/α-hetero) is 2. The van der Waals surface area contributed by atoms with Crippen molar-refractivity contribution in [2.45, 2.75) is 141 Å². The lowest BCUT2D eigenvalue weighted by atomic mass is 9.73. The SMILES string of the molecule is CC[C@H]1OC(=O)[C@H](C)C(=O)[C@H](C)[C@@H](O[C@@H]2O[C@H](C)C[C@H](NC)[C@H]2OC(=O)c2ccccc2)[C@@](C)(OC)C[C@@H](C)C(=O)[C@H](C)[C@H]2N(CCCCN)C(=O)O[C@]12C. The molecule has 13 atom stereocenters. The number of unbranched alkanes of at least 4 members (excludes halogenated alkanes) is 1. The fraction of sp³-hybridized carbons (Fsp3) is 0.732. The number of nitrogens with two attached hydrogens (primary N) is 1. The molecule has 0 unspecified atom stereocenters. The number of ketones is 2. The van der Waals surface area contributed by atoms with Crippen molar-refractivity contribution in [2.24, 2.45) is 29.4 Å². The summed E-state index contributed by atoms with van der Waals surface area (Å²) in [6.45, 7) is 14.6. The summed E-state index contributed by atoms with van der Waals surface area (Å²) >= 11 is 0. The number of amides is 1. The van der Waals surface area contributed by atoms with E-state index in [-0.39, 0.29) is 30.8 Å². The first kappa shape index (κ1) is 44.3. The van der Waals surface area contributed by atoms with Gasteiger partial charge in [-0.15, -0.1) is 0 Å². The van der Waals surface area contributed by atoms with E-state index in [1.54, 1.807) is 83.8 Å². The van der Waals surface area contributed by atoms with Crippen LogP contribution in [0.4, 0.5) is 4.79 Å². The molecule has 3 aliphatic heterocycles. The van der Waals surface area contributed by atoms with E-state index >= 15 is 0 Å². The molecule has 3 N–H and O–H groups in total. The fourth-order valence-electron chi connectivity index (χ4n) is 8.82. The zero-order valence-electron chi connectivity index (χ0n) is 34.2. The molecule has 0 bridgehead atoms. The fourth-order valence-corrected chi connectivity index (χ4v) is 8.82. The number of nitrogens with one attached hydrogen (secondary N) is 1. The molecule has 0 spiro atoms. The third-order valence-corrected chi connectivity index (χ3v) is 12.0. The van der Waals surface area contributed by atoms with Crippen LogP contribution >= 0.6 is 0 Å². The van der Waals surface area contributed by atoms with Crippen LogP contribution in [0.5, 0.6) is 0 Å². The summed E-state index contributed by atoms with van der Waals surface area (Å²) in [6, 6.07) is 7.42. The first-order chi connectivity index (χ1) is 26.0. The lowest BCUT2D eigenvalue weighted by molar-refractivity contribution is -0.289. The van der Waals surface area contributed by atoms with Crippen molar-refractivity contribution in [1.82, 2.24) is 10.2 Å². The van der Waals surface area contributed by atoms with Crippen LogP contribution in [0, 0.1) is 23.7 Å². The molecule has 308 valence electrons. The highest BCUT2D eigenvalue weighted by molar-refractivity contribution is 6.00. The predicted octanol–water partition coefficient (Wildman–Crippen LogP) is 4.45. The van der Waals surface area contributed by atoms with Crippen molar-refractivity contribution in [3.05, 3.63) is 35.9 Å². The monoisotopic (exact) mass is 773 g/mol. The number of hydrogen-bond donors (Lipinski definition) is 2. The lowest BCUT2D eigenvalue weighted by Gasteiger charge is -2.47. The van der Waals surface area contributed by atoms with Crippen molar-refractivity contribution < 1.29 is 52.4 Å². The molecule has 0 saturated carbocycles. The maximum Gasteiger partial charge on any atom is 0.410 e. The normalized spacial score (nSPS) is 37.8. The number of fused-ring (bicyclic) bond motifs is 1. The van der Waals surface area contributed by atoms with Gasteiger partial charge in [0.1, 0.15) is 17.8 Å². The Morgan fingerprint density at radius 2 is 1.67 bits per heavy atom. The van der Waals surface area contributed by atoms with Crippen molar-refractivity contribution in [1.29, 1.82) is 0 Å². The Morgan fingerprint density at radius 1 is 1.00 bits per heavy atom. The number of methoxy groups -OCH3 is 1. The molecule has 55 heavy (non-hydrogen) atoms. The van der Waals surface area contributed by atoms with E-state index in [2.05, 4.69) is 5.32 Å². The maximum atomic E-state index is 14.6. The second kappa shape index (κ2) is 18.7. The van der Waals surface area contributed by atoms with Crippen LogP contribution in [-0.2, 0) is 42.8 Å². The zero-order chi connectivity index (χ0) is 40.8. The number of esters is 2. The first-order valence-corrected chi connectivity index (χ1v) is 19.7. The summed E-state index contributed by atoms with van der Waals surface area (Å²) in [5.74, 6) is -5.69. The Bertz CT molecular complexity index is 1510. The van der Waals surface area contributed by atoms with Crippen LogP contribution in [0.3, 0.4) is 0 Å². The number of likely N-dealkylation sites (N-methyl/N-ethyl adjacent to an activating group) is 1. The van der Waals surface area contributed by atoms with Gasteiger partial charge in [-0.05, 0) is 85.5 Å². The van der Waals surface area contributed by atoms with Crippen LogP contribution < -0.4 is 11.1 Å². The van der Waals surface area contributed by atoms with Gasteiger partial charge in [-0.2, -0.15) is 0 Å². The van der Waals surface area contributed by atoms with Crippen molar-refractivity contribution in [2.75, 3.05) is 27.2 Å².